The molecule has 0 fully saturated rings. The molecule has 0 aliphatic carbocycles. The SMILES string of the molecule is CCCOc1c(Cl)cc(Cl)cc1CNCCC(C)C. The van der Waals surface area contributed by atoms with E-state index in [1.54, 1.807) is 6.07 Å². The number of hydrogen-bond acceptors (Lipinski definition) is 2. The van der Waals surface area contributed by atoms with Crippen LogP contribution in [0.15, 0.2) is 12.1 Å². The molecule has 0 aliphatic heterocycles. The smallest absolute Gasteiger partial charge is 0.142 e. The van der Waals surface area contributed by atoms with E-state index in [-0.39, 0.29) is 0 Å². The highest BCUT2D eigenvalue weighted by Crippen LogP contribution is 2.32. The summed E-state index contributed by atoms with van der Waals surface area (Å²) < 4.78 is 5.72. The first-order chi connectivity index (χ1) is 9.04. The van der Waals surface area contributed by atoms with Crippen molar-refractivity contribution in [2.45, 2.75) is 40.2 Å². The lowest BCUT2D eigenvalue weighted by Crippen LogP contribution is -2.17. The molecule has 4 heteroatoms. The van der Waals surface area contributed by atoms with Crippen LogP contribution in [0.25, 0.3) is 0 Å². The lowest BCUT2D eigenvalue weighted by atomic mass is 10.1. The van der Waals surface area contributed by atoms with Crippen LogP contribution >= 0.6 is 23.2 Å². The molecule has 1 aromatic rings. The number of benzene rings is 1. The van der Waals surface area contributed by atoms with Gasteiger partial charge in [0.25, 0.3) is 0 Å². The summed E-state index contributed by atoms with van der Waals surface area (Å²) in [5.41, 5.74) is 1.02. The third kappa shape index (κ3) is 6.03. The van der Waals surface area contributed by atoms with Gasteiger partial charge in [0.05, 0.1) is 11.6 Å². The maximum absolute atomic E-state index is 6.20. The Hall–Kier alpha value is -0.440. The van der Waals surface area contributed by atoms with Crippen LogP contribution in [-0.2, 0) is 6.54 Å². The molecule has 0 aliphatic rings. The van der Waals surface area contributed by atoms with Crippen molar-refractivity contribution >= 4 is 23.2 Å². The fourth-order valence-corrected chi connectivity index (χ4v) is 2.31. The molecule has 0 radical (unpaired) electrons. The summed E-state index contributed by atoms with van der Waals surface area (Å²) in [4.78, 5) is 0. The summed E-state index contributed by atoms with van der Waals surface area (Å²) in [5, 5.41) is 4.64. The number of halogens is 2. The second-order valence-electron chi connectivity index (χ2n) is 5.08. The molecule has 1 rings (SSSR count). The maximum atomic E-state index is 6.20. The van der Waals surface area contributed by atoms with Gasteiger partial charge in [0.2, 0.25) is 0 Å². The zero-order chi connectivity index (χ0) is 14.3. The molecular weight excluding hydrogens is 281 g/mol. The Bertz CT molecular complexity index is 394. The van der Waals surface area contributed by atoms with Crippen molar-refractivity contribution in [3.05, 3.63) is 27.7 Å². The zero-order valence-electron chi connectivity index (χ0n) is 11.9. The molecule has 1 aromatic carbocycles. The Kier molecular flexibility index (Phi) is 7.59. The Morgan fingerprint density at radius 2 is 2.00 bits per heavy atom. The fourth-order valence-electron chi connectivity index (χ4n) is 1.72. The third-order valence-corrected chi connectivity index (χ3v) is 3.25. The van der Waals surface area contributed by atoms with Crippen molar-refractivity contribution in [2.75, 3.05) is 13.2 Å². The van der Waals surface area contributed by atoms with Crippen LogP contribution in [0.1, 0.15) is 39.2 Å². The molecule has 0 spiro atoms. The topological polar surface area (TPSA) is 21.3 Å². The van der Waals surface area contributed by atoms with Crippen molar-refractivity contribution in [3.8, 4) is 5.75 Å². The van der Waals surface area contributed by atoms with Crippen LogP contribution in [0, 0.1) is 5.92 Å². The molecule has 0 heterocycles. The average Bonchev–Trinajstić information content (AvgIpc) is 2.33. The van der Waals surface area contributed by atoms with Crippen LogP contribution in [0.4, 0.5) is 0 Å². The number of rotatable bonds is 8. The minimum Gasteiger partial charge on any atom is -0.492 e. The molecule has 1 N–H and O–H groups in total. The van der Waals surface area contributed by atoms with Crippen molar-refractivity contribution in [3.63, 3.8) is 0 Å². The van der Waals surface area contributed by atoms with Crippen LogP contribution < -0.4 is 10.1 Å². The van der Waals surface area contributed by atoms with Gasteiger partial charge in [-0.05, 0) is 37.4 Å². The summed E-state index contributed by atoms with van der Waals surface area (Å²) in [7, 11) is 0. The third-order valence-electron chi connectivity index (χ3n) is 2.75. The Morgan fingerprint density at radius 3 is 2.63 bits per heavy atom. The highest BCUT2D eigenvalue weighted by molar-refractivity contribution is 6.35. The van der Waals surface area contributed by atoms with Crippen LogP contribution in [0.3, 0.4) is 0 Å². The summed E-state index contributed by atoms with van der Waals surface area (Å²) >= 11 is 12.2. The summed E-state index contributed by atoms with van der Waals surface area (Å²) in [5.74, 6) is 1.45. The molecule has 2 nitrogen and oxygen atoms in total. The number of ether oxygens (including phenoxy) is 1. The Labute approximate surface area is 126 Å². The molecular formula is C15H23Cl2NO. The van der Waals surface area contributed by atoms with E-state index in [1.165, 1.54) is 0 Å². The highest BCUT2D eigenvalue weighted by Gasteiger charge is 2.10. The van der Waals surface area contributed by atoms with E-state index in [4.69, 9.17) is 27.9 Å². The van der Waals surface area contributed by atoms with E-state index in [9.17, 15) is 0 Å². The van der Waals surface area contributed by atoms with Gasteiger partial charge in [-0.25, -0.2) is 0 Å². The van der Waals surface area contributed by atoms with Gasteiger partial charge in [-0.3, -0.25) is 0 Å². The highest BCUT2D eigenvalue weighted by atomic mass is 35.5. The minimum atomic E-state index is 0.585. The number of hydrogen-bond donors (Lipinski definition) is 1. The second-order valence-corrected chi connectivity index (χ2v) is 5.93. The van der Waals surface area contributed by atoms with E-state index in [1.807, 2.05) is 6.07 Å². The molecule has 0 atom stereocenters. The van der Waals surface area contributed by atoms with E-state index in [2.05, 4.69) is 26.1 Å². The number of nitrogens with one attached hydrogen (secondary N) is 1. The first kappa shape index (κ1) is 16.6. The van der Waals surface area contributed by atoms with Gasteiger partial charge in [-0.2, -0.15) is 0 Å². The monoisotopic (exact) mass is 303 g/mol. The van der Waals surface area contributed by atoms with Gasteiger partial charge in [-0.15, -0.1) is 0 Å². The molecule has 0 amide bonds. The lowest BCUT2D eigenvalue weighted by molar-refractivity contribution is 0.313. The van der Waals surface area contributed by atoms with E-state index >= 15 is 0 Å². The van der Waals surface area contributed by atoms with E-state index in [0.29, 0.717) is 22.6 Å². The van der Waals surface area contributed by atoms with Gasteiger partial charge in [-0.1, -0.05) is 44.0 Å². The normalized spacial score (nSPS) is 11.1. The predicted molar refractivity (Wildman–Crippen MR) is 83.4 cm³/mol. The second kappa shape index (κ2) is 8.68. The van der Waals surface area contributed by atoms with Crippen LogP contribution in [0.5, 0.6) is 5.75 Å². The zero-order valence-corrected chi connectivity index (χ0v) is 13.4. The Morgan fingerprint density at radius 1 is 1.26 bits per heavy atom. The molecule has 19 heavy (non-hydrogen) atoms. The fraction of sp³-hybridized carbons (Fsp3) is 0.600. The van der Waals surface area contributed by atoms with Crippen molar-refractivity contribution in [1.82, 2.24) is 5.32 Å². The van der Waals surface area contributed by atoms with E-state index in [0.717, 1.165) is 37.2 Å². The largest absolute Gasteiger partial charge is 0.492 e. The predicted octanol–water partition coefficient (Wildman–Crippen LogP) is 4.92. The first-order valence-electron chi connectivity index (χ1n) is 6.86. The van der Waals surface area contributed by atoms with Gasteiger partial charge in [0.15, 0.2) is 0 Å². The van der Waals surface area contributed by atoms with Crippen molar-refractivity contribution in [2.24, 2.45) is 5.92 Å². The molecule has 0 saturated heterocycles. The van der Waals surface area contributed by atoms with Crippen LogP contribution in [0.2, 0.25) is 10.0 Å². The Balaban J connectivity index is 2.68. The molecule has 0 bridgehead atoms. The van der Waals surface area contributed by atoms with Crippen LogP contribution in [-0.4, -0.2) is 13.2 Å². The summed E-state index contributed by atoms with van der Waals surface area (Å²) in [6, 6.07) is 3.65. The molecule has 0 unspecified atom stereocenters. The van der Waals surface area contributed by atoms with Gasteiger partial charge >= 0.3 is 0 Å². The van der Waals surface area contributed by atoms with E-state index < -0.39 is 0 Å². The van der Waals surface area contributed by atoms with Crippen molar-refractivity contribution < 1.29 is 4.74 Å². The van der Waals surface area contributed by atoms with Gasteiger partial charge in [0.1, 0.15) is 5.75 Å². The maximum Gasteiger partial charge on any atom is 0.142 e. The van der Waals surface area contributed by atoms with Gasteiger partial charge < -0.3 is 10.1 Å². The molecule has 0 saturated carbocycles. The standard InChI is InChI=1S/C15H23Cl2NO/c1-4-7-19-15-12(8-13(16)9-14(15)17)10-18-6-5-11(2)3/h8-9,11,18H,4-7,10H2,1-3H3. The lowest BCUT2D eigenvalue weighted by Gasteiger charge is -2.14. The quantitative estimate of drug-likeness (QED) is 0.688. The molecule has 108 valence electrons. The minimum absolute atomic E-state index is 0.585. The van der Waals surface area contributed by atoms with Crippen molar-refractivity contribution in [1.29, 1.82) is 0 Å². The summed E-state index contributed by atoms with van der Waals surface area (Å²) in [6.07, 6.45) is 2.11. The first-order valence-corrected chi connectivity index (χ1v) is 7.61. The van der Waals surface area contributed by atoms with Gasteiger partial charge in [0, 0.05) is 17.1 Å². The molecule has 0 aromatic heterocycles. The average molecular weight is 304 g/mol. The summed E-state index contributed by atoms with van der Waals surface area (Å²) in [6.45, 7) is 8.88.